The van der Waals surface area contributed by atoms with E-state index in [2.05, 4.69) is 75.6 Å². The third-order valence-electron chi connectivity index (χ3n) is 13.9. The van der Waals surface area contributed by atoms with Crippen molar-refractivity contribution in [2.75, 3.05) is 9.80 Å². The van der Waals surface area contributed by atoms with Crippen LogP contribution in [-0.2, 0) is 0 Å². The van der Waals surface area contributed by atoms with Crippen molar-refractivity contribution >= 4 is 77.7 Å². The predicted molar refractivity (Wildman–Crippen MR) is 289 cm³/mol. The van der Waals surface area contributed by atoms with E-state index in [-0.39, 0.29) is 5.56 Å². The molecule has 2 heterocycles. The Morgan fingerprint density at radius 1 is 0.306 bits per heavy atom. The monoisotopic (exact) mass is 946 g/mol. The van der Waals surface area contributed by atoms with Crippen LogP contribution in [0.15, 0.2) is 206 Å². The van der Waals surface area contributed by atoms with Crippen LogP contribution in [0.3, 0.4) is 0 Å². The maximum absolute atomic E-state index is 17.1. The second kappa shape index (κ2) is 17.5. The highest BCUT2D eigenvalue weighted by atomic mass is 19.2. The molecule has 0 bridgehead atoms. The Morgan fingerprint density at radius 3 is 1.07 bits per heavy atom. The van der Waals surface area contributed by atoms with Crippen molar-refractivity contribution in [1.29, 1.82) is 0 Å². The Morgan fingerprint density at radius 2 is 0.639 bits per heavy atom. The quantitative estimate of drug-likeness (QED) is 0.106. The van der Waals surface area contributed by atoms with Crippen LogP contribution in [0.2, 0.25) is 0 Å². The van der Waals surface area contributed by atoms with Gasteiger partial charge in [-0.25, -0.2) is 17.6 Å². The molecule has 4 nitrogen and oxygen atoms in total. The second-order valence-corrected chi connectivity index (χ2v) is 18.6. The fourth-order valence-corrected chi connectivity index (χ4v) is 10.2. The number of aryl methyl sites for hydroxylation is 4. The molecule has 72 heavy (non-hydrogen) atoms. The van der Waals surface area contributed by atoms with E-state index in [1.54, 1.807) is 42.5 Å². The van der Waals surface area contributed by atoms with Crippen molar-refractivity contribution < 1.29 is 17.6 Å². The van der Waals surface area contributed by atoms with Crippen LogP contribution in [0, 0.1) is 51.0 Å². The number of fused-ring (bicyclic) bond motifs is 6. The molecule has 12 rings (SSSR count). The largest absolute Gasteiger partial charge is 0.310 e. The van der Waals surface area contributed by atoms with Gasteiger partial charge in [-0.05, 0) is 142 Å². The standard InChI is InChI=1S/C64H46F4N4/c1-39-13-23-44(24-14-39)69(49-33-35-57-53(37-49)51-9-5-7-11-55(51)71(57)47-27-17-41(3)18-28-47)45-31-21-43(22-32-45)59-60(65)62(67)64(63(68)61(59)66)70(46-25-15-40(2)16-26-46)50-34-36-58-54(38-50)52-10-6-8-12-56(52)72(58)48-29-19-42(4)20-30-48/h5-38H,1-4H3. The molecule has 0 amide bonds. The number of nitrogens with zero attached hydrogens (tertiary/aromatic N) is 4. The lowest BCUT2D eigenvalue weighted by Gasteiger charge is -2.28. The summed E-state index contributed by atoms with van der Waals surface area (Å²) in [7, 11) is 0. The number of rotatable bonds is 9. The van der Waals surface area contributed by atoms with Crippen LogP contribution in [0.1, 0.15) is 22.3 Å². The third-order valence-corrected chi connectivity index (χ3v) is 13.9. The van der Waals surface area contributed by atoms with Gasteiger partial charge in [-0.15, -0.1) is 0 Å². The number of hydrogen-bond donors (Lipinski definition) is 0. The van der Waals surface area contributed by atoms with Crippen molar-refractivity contribution in [3.63, 3.8) is 0 Å². The lowest BCUT2D eigenvalue weighted by molar-refractivity contribution is 0.461. The van der Waals surface area contributed by atoms with E-state index >= 15 is 17.6 Å². The third kappa shape index (κ3) is 7.37. The zero-order chi connectivity index (χ0) is 49.4. The summed E-state index contributed by atoms with van der Waals surface area (Å²) in [5, 5.41) is 3.83. The van der Waals surface area contributed by atoms with E-state index in [9.17, 15) is 0 Å². The van der Waals surface area contributed by atoms with Gasteiger partial charge in [-0.2, -0.15) is 0 Å². The van der Waals surface area contributed by atoms with E-state index < -0.39 is 34.5 Å². The minimum atomic E-state index is -1.52. The molecule has 0 unspecified atom stereocenters. The molecule has 0 spiro atoms. The average molecular weight is 947 g/mol. The fraction of sp³-hybridized carbons (Fsp3) is 0.0625. The molecule has 0 N–H and O–H groups in total. The van der Waals surface area contributed by atoms with Gasteiger partial charge < -0.3 is 18.9 Å². The normalized spacial score (nSPS) is 11.6. The minimum absolute atomic E-state index is 0.0224. The molecule has 10 aromatic carbocycles. The van der Waals surface area contributed by atoms with E-state index in [1.165, 1.54) is 22.6 Å². The molecule has 8 heteroatoms. The second-order valence-electron chi connectivity index (χ2n) is 18.6. The maximum atomic E-state index is 17.1. The van der Waals surface area contributed by atoms with E-state index in [4.69, 9.17) is 0 Å². The highest BCUT2D eigenvalue weighted by Crippen LogP contribution is 2.46. The molecule has 12 aromatic rings. The number of hydrogen-bond acceptors (Lipinski definition) is 2. The average Bonchev–Trinajstić information content (AvgIpc) is 3.91. The molecule has 0 radical (unpaired) electrons. The van der Waals surface area contributed by atoms with Gasteiger partial charge >= 0.3 is 0 Å². The molecule has 350 valence electrons. The van der Waals surface area contributed by atoms with Crippen LogP contribution in [0.4, 0.5) is 51.7 Å². The Balaban J connectivity index is 0.966. The first-order chi connectivity index (χ1) is 35.0. The minimum Gasteiger partial charge on any atom is -0.310 e. The Kier molecular flexibility index (Phi) is 10.8. The summed E-state index contributed by atoms with van der Waals surface area (Å²) < 4.78 is 72.5. The highest BCUT2D eigenvalue weighted by molar-refractivity contribution is 6.12. The molecule has 0 fully saturated rings. The van der Waals surface area contributed by atoms with E-state index in [1.807, 2.05) is 118 Å². The number of aromatic nitrogens is 2. The number of halogens is 4. The summed E-state index contributed by atoms with van der Waals surface area (Å²) in [6, 6.07) is 66.2. The highest BCUT2D eigenvalue weighted by Gasteiger charge is 2.32. The summed E-state index contributed by atoms with van der Waals surface area (Å²) in [6.07, 6.45) is 0. The van der Waals surface area contributed by atoms with E-state index in [0.29, 0.717) is 17.1 Å². The molecule has 0 atom stereocenters. The van der Waals surface area contributed by atoms with Gasteiger partial charge in [0, 0.05) is 61.4 Å². The molecule has 2 aromatic heterocycles. The lowest BCUT2D eigenvalue weighted by Crippen LogP contribution is -2.16. The molecular weight excluding hydrogens is 901 g/mol. The number of benzene rings is 10. The summed E-state index contributed by atoms with van der Waals surface area (Å²) in [5.74, 6) is -6.04. The summed E-state index contributed by atoms with van der Waals surface area (Å²) in [5.41, 5.74) is 11.5. The molecule has 0 aliphatic carbocycles. The smallest absolute Gasteiger partial charge is 0.186 e. The Bertz CT molecular complexity index is 4010. The van der Waals surface area contributed by atoms with Crippen molar-refractivity contribution in [2.45, 2.75) is 27.7 Å². The van der Waals surface area contributed by atoms with Crippen molar-refractivity contribution in [1.82, 2.24) is 9.13 Å². The first-order valence-corrected chi connectivity index (χ1v) is 23.9. The first kappa shape index (κ1) is 44.3. The van der Waals surface area contributed by atoms with Crippen LogP contribution in [-0.4, -0.2) is 9.13 Å². The van der Waals surface area contributed by atoms with Gasteiger partial charge in [0.2, 0.25) is 0 Å². The lowest BCUT2D eigenvalue weighted by atomic mass is 10.0. The molecule has 0 saturated heterocycles. The van der Waals surface area contributed by atoms with Crippen molar-refractivity contribution in [3.8, 4) is 22.5 Å². The molecule has 0 aliphatic rings. The molecule has 0 aliphatic heterocycles. The maximum Gasteiger partial charge on any atom is 0.186 e. The van der Waals surface area contributed by atoms with Crippen LogP contribution in [0.5, 0.6) is 0 Å². The van der Waals surface area contributed by atoms with Crippen molar-refractivity contribution in [2.24, 2.45) is 0 Å². The van der Waals surface area contributed by atoms with Gasteiger partial charge in [0.25, 0.3) is 0 Å². The van der Waals surface area contributed by atoms with E-state index in [0.717, 1.165) is 83.1 Å². The Hall–Kier alpha value is -8.88. The summed E-state index contributed by atoms with van der Waals surface area (Å²) in [4.78, 5) is 3.32. The SMILES string of the molecule is Cc1ccc(N(c2ccc(-c3c(F)c(F)c(N(c4ccc(C)cc4)c4ccc5c(c4)c4ccccc4n5-c4ccc(C)cc4)c(F)c3F)cc2)c2ccc3c(c2)c2ccccc2n3-c2ccc(C)cc2)cc1. The fourth-order valence-electron chi connectivity index (χ4n) is 10.2. The molecular formula is C64H46F4N4. The Labute approximate surface area is 414 Å². The zero-order valence-electron chi connectivity index (χ0n) is 39.9. The van der Waals surface area contributed by atoms with Gasteiger partial charge in [0.1, 0.15) is 5.69 Å². The number of anilines is 6. The zero-order valence-corrected chi connectivity index (χ0v) is 39.9. The summed E-state index contributed by atoms with van der Waals surface area (Å²) in [6.45, 7) is 8.02. The predicted octanol–water partition coefficient (Wildman–Crippen LogP) is 18.3. The summed E-state index contributed by atoms with van der Waals surface area (Å²) >= 11 is 0. The van der Waals surface area contributed by atoms with Gasteiger partial charge in [-0.1, -0.05) is 119 Å². The molecule has 0 saturated carbocycles. The van der Waals surface area contributed by atoms with Gasteiger partial charge in [0.05, 0.1) is 27.6 Å². The van der Waals surface area contributed by atoms with Gasteiger partial charge in [-0.3, -0.25) is 0 Å². The van der Waals surface area contributed by atoms with Crippen LogP contribution >= 0.6 is 0 Å². The first-order valence-electron chi connectivity index (χ1n) is 23.9. The number of para-hydroxylation sites is 2. The van der Waals surface area contributed by atoms with Crippen LogP contribution < -0.4 is 9.80 Å². The van der Waals surface area contributed by atoms with Gasteiger partial charge in [0.15, 0.2) is 23.3 Å². The van der Waals surface area contributed by atoms with Crippen LogP contribution in [0.25, 0.3) is 66.1 Å². The van der Waals surface area contributed by atoms with Crippen molar-refractivity contribution in [3.05, 3.63) is 252 Å². The topological polar surface area (TPSA) is 16.3 Å².